The number of hydrogen-bond acceptors (Lipinski definition) is 4. The first-order chi connectivity index (χ1) is 8.36. The summed E-state index contributed by atoms with van der Waals surface area (Å²) < 4.78 is 31.5. The zero-order valence-electron chi connectivity index (χ0n) is 9.56. The van der Waals surface area contributed by atoms with Crippen LogP contribution in [0.25, 0.3) is 0 Å². The van der Waals surface area contributed by atoms with Gasteiger partial charge in [0.05, 0.1) is 18.5 Å². The van der Waals surface area contributed by atoms with Crippen molar-refractivity contribution in [2.75, 3.05) is 7.11 Å². The molecule has 0 fully saturated rings. The van der Waals surface area contributed by atoms with Crippen LogP contribution in [0.5, 0.6) is 0 Å². The summed E-state index contributed by atoms with van der Waals surface area (Å²) in [6, 6.07) is 3.97. The Balaban J connectivity index is 2.78. The Morgan fingerprint density at radius 3 is 2.39 bits per heavy atom. The molecule has 0 radical (unpaired) electrons. The molecular weight excluding hydrogens is 248 g/mol. The molecule has 0 heterocycles. The summed E-state index contributed by atoms with van der Waals surface area (Å²) in [7, 11) is 1.12. The van der Waals surface area contributed by atoms with Crippen LogP contribution in [-0.4, -0.2) is 18.0 Å². The predicted molar refractivity (Wildman–Crippen MR) is 58.2 cm³/mol. The van der Waals surface area contributed by atoms with Gasteiger partial charge in [0.25, 0.3) is 11.6 Å². The quantitative estimate of drug-likeness (QED) is 0.463. The van der Waals surface area contributed by atoms with E-state index in [0.29, 0.717) is 0 Å². The zero-order valence-corrected chi connectivity index (χ0v) is 9.56. The standard InChI is InChI=1S/C11H11F2NO4/c1-18-10(15)6-7-11(12,13)8-2-4-9(5-3-8)14(16)17/h2-5H,6-7H2,1H3. The molecule has 5 nitrogen and oxygen atoms in total. The smallest absolute Gasteiger partial charge is 0.305 e. The van der Waals surface area contributed by atoms with Gasteiger partial charge in [-0.3, -0.25) is 14.9 Å². The van der Waals surface area contributed by atoms with Crippen LogP contribution in [0.15, 0.2) is 24.3 Å². The highest BCUT2D eigenvalue weighted by atomic mass is 19.3. The largest absolute Gasteiger partial charge is 0.469 e. The Morgan fingerprint density at radius 1 is 1.39 bits per heavy atom. The Morgan fingerprint density at radius 2 is 1.94 bits per heavy atom. The molecule has 0 bridgehead atoms. The highest BCUT2D eigenvalue weighted by molar-refractivity contribution is 5.69. The van der Waals surface area contributed by atoms with E-state index < -0.39 is 29.7 Å². The van der Waals surface area contributed by atoms with E-state index in [1.54, 1.807) is 0 Å². The van der Waals surface area contributed by atoms with E-state index in [-0.39, 0.29) is 11.3 Å². The van der Waals surface area contributed by atoms with E-state index in [9.17, 15) is 23.7 Å². The average molecular weight is 259 g/mol. The third-order valence-corrected chi connectivity index (χ3v) is 2.37. The van der Waals surface area contributed by atoms with E-state index in [2.05, 4.69) is 4.74 Å². The number of alkyl halides is 2. The van der Waals surface area contributed by atoms with Crippen LogP contribution in [-0.2, 0) is 15.5 Å². The minimum absolute atomic E-state index is 0.262. The number of carbonyl (C=O) groups excluding carboxylic acids is 1. The monoisotopic (exact) mass is 259 g/mol. The van der Waals surface area contributed by atoms with Crippen LogP contribution in [0.1, 0.15) is 18.4 Å². The van der Waals surface area contributed by atoms with Crippen molar-refractivity contribution in [2.45, 2.75) is 18.8 Å². The second-order valence-electron chi connectivity index (χ2n) is 3.58. The Bertz CT molecular complexity index is 445. The van der Waals surface area contributed by atoms with Gasteiger partial charge in [-0.2, -0.15) is 0 Å². The molecule has 1 aromatic rings. The first-order valence-corrected chi connectivity index (χ1v) is 5.06. The fourth-order valence-corrected chi connectivity index (χ4v) is 1.33. The lowest BCUT2D eigenvalue weighted by Crippen LogP contribution is -2.16. The lowest BCUT2D eigenvalue weighted by Gasteiger charge is -2.15. The summed E-state index contributed by atoms with van der Waals surface area (Å²) in [5.41, 5.74) is -0.625. The molecule has 0 N–H and O–H groups in total. The number of benzene rings is 1. The minimum atomic E-state index is -3.22. The summed E-state index contributed by atoms with van der Waals surface area (Å²) in [5.74, 6) is -3.94. The number of esters is 1. The Kier molecular flexibility index (Phi) is 4.30. The Hall–Kier alpha value is -2.05. The molecule has 0 aliphatic rings. The van der Waals surface area contributed by atoms with E-state index in [1.165, 1.54) is 0 Å². The number of halogens is 2. The fourth-order valence-electron chi connectivity index (χ4n) is 1.33. The number of nitrogens with zero attached hydrogens (tertiary/aromatic N) is 1. The molecular formula is C11H11F2NO4. The molecule has 0 saturated heterocycles. The highest BCUT2D eigenvalue weighted by Crippen LogP contribution is 2.33. The second-order valence-corrected chi connectivity index (χ2v) is 3.58. The number of rotatable bonds is 5. The number of hydrogen-bond donors (Lipinski definition) is 0. The molecule has 18 heavy (non-hydrogen) atoms. The second kappa shape index (κ2) is 5.52. The van der Waals surface area contributed by atoms with Gasteiger partial charge in [0.1, 0.15) is 0 Å². The number of ether oxygens (including phenoxy) is 1. The van der Waals surface area contributed by atoms with Gasteiger partial charge in [0, 0.05) is 24.1 Å². The number of carbonyl (C=O) groups is 1. The summed E-state index contributed by atoms with van der Waals surface area (Å²) >= 11 is 0. The first-order valence-electron chi connectivity index (χ1n) is 5.06. The van der Waals surface area contributed by atoms with E-state index >= 15 is 0 Å². The van der Waals surface area contributed by atoms with E-state index in [4.69, 9.17) is 0 Å². The third kappa shape index (κ3) is 3.47. The van der Waals surface area contributed by atoms with Gasteiger partial charge in [-0.1, -0.05) is 0 Å². The summed E-state index contributed by atoms with van der Waals surface area (Å²) in [4.78, 5) is 20.5. The zero-order chi connectivity index (χ0) is 13.8. The lowest BCUT2D eigenvalue weighted by molar-refractivity contribution is -0.384. The SMILES string of the molecule is COC(=O)CCC(F)(F)c1ccc([N+](=O)[O-])cc1. The van der Waals surface area contributed by atoms with Crippen LogP contribution in [0.3, 0.4) is 0 Å². The molecule has 0 aliphatic carbocycles. The van der Waals surface area contributed by atoms with Crippen molar-refractivity contribution in [3.63, 3.8) is 0 Å². The molecule has 0 aliphatic heterocycles. The third-order valence-electron chi connectivity index (χ3n) is 2.37. The molecule has 1 rings (SSSR count). The van der Waals surface area contributed by atoms with Gasteiger partial charge in [-0.25, -0.2) is 8.78 Å². The van der Waals surface area contributed by atoms with Crippen LogP contribution in [0.2, 0.25) is 0 Å². The van der Waals surface area contributed by atoms with Crippen molar-refractivity contribution in [3.05, 3.63) is 39.9 Å². The number of nitro benzene ring substituents is 1. The van der Waals surface area contributed by atoms with Crippen LogP contribution < -0.4 is 0 Å². The molecule has 0 spiro atoms. The molecule has 7 heteroatoms. The number of methoxy groups -OCH3 is 1. The van der Waals surface area contributed by atoms with Crippen LogP contribution >= 0.6 is 0 Å². The normalized spacial score (nSPS) is 11.1. The molecule has 1 aromatic carbocycles. The summed E-state index contributed by atoms with van der Waals surface area (Å²) in [6.45, 7) is 0. The van der Waals surface area contributed by atoms with Crippen molar-refractivity contribution < 1.29 is 23.2 Å². The van der Waals surface area contributed by atoms with Gasteiger partial charge in [0.15, 0.2) is 0 Å². The maximum absolute atomic E-state index is 13.6. The molecule has 0 atom stereocenters. The predicted octanol–water partition coefficient (Wildman–Crippen LogP) is 2.64. The van der Waals surface area contributed by atoms with Crippen LogP contribution in [0.4, 0.5) is 14.5 Å². The topological polar surface area (TPSA) is 69.4 Å². The molecule has 0 unspecified atom stereocenters. The van der Waals surface area contributed by atoms with Gasteiger partial charge in [0.2, 0.25) is 0 Å². The highest BCUT2D eigenvalue weighted by Gasteiger charge is 2.32. The van der Waals surface area contributed by atoms with E-state index in [1.807, 2.05) is 0 Å². The van der Waals surface area contributed by atoms with Gasteiger partial charge >= 0.3 is 5.97 Å². The molecule has 0 aromatic heterocycles. The number of non-ortho nitro benzene ring substituents is 1. The average Bonchev–Trinajstić information content (AvgIpc) is 2.36. The summed E-state index contributed by atoms with van der Waals surface area (Å²) in [6.07, 6.45) is -1.11. The van der Waals surface area contributed by atoms with Gasteiger partial charge in [-0.05, 0) is 12.1 Å². The van der Waals surface area contributed by atoms with Crippen molar-refractivity contribution >= 4 is 11.7 Å². The first kappa shape index (κ1) is 14.0. The maximum Gasteiger partial charge on any atom is 0.305 e. The van der Waals surface area contributed by atoms with Crippen molar-refractivity contribution in [2.24, 2.45) is 0 Å². The lowest BCUT2D eigenvalue weighted by atomic mass is 10.0. The molecule has 0 amide bonds. The molecule has 98 valence electrons. The maximum atomic E-state index is 13.6. The fraction of sp³-hybridized carbons (Fsp3) is 0.364. The van der Waals surface area contributed by atoms with E-state index in [0.717, 1.165) is 31.4 Å². The van der Waals surface area contributed by atoms with Crippen LogP contribution in [0, 0.1) is 10.1 Å². The van der Waals surface area contributed by atoms with Crippen molar-refractivity contribution in [1.82, 2.24) is 0 Å². The molecule has 0 saturated carbocycles. The number of nitro groups is 1. The van der Waals surface area contributed by atoms with Gasteiger partial charge < -0.3 is 4.74 Å². The van der Waals surface area contributed by atoms with Crippen molar-refractivity contribution in [3.8, 4) is 0 Å². The van der Waals surface area contributed by atoms with Crippen molar-refractivity contribution in [1.29, 1.82) is 0 Å². The Labute approximate surface area is 102 Å². The summed E-state index contributed by atoms with van der Waals surface area (Å²) in [5, 5.41) is 10.4. The minimum Gasteiger partial charge on any atom is -0.469 e. The van der Waals surface area contributed by atoms with Gasteiger partial charge in [-0.15, -0.1) is 0 Å².